The third kappa shape index (κ3) is 6.01. The van der Waals surface area contributed by atoms with Crippen molar-refractivity contribution in [3.8, 4) is 0 Å². The molecule has 0 aromatic heterocycles. The van der Waals surface area contributed by atoms with Gasteiger partial charge in [0.15, 0.2) is 18.7 Å². The Morgan fingerprint density at radius 2 is 1.55 bits per heavy atom. The van der Waals surface area contributed by atoms with Crippen LogP contribution in [0.15, 0.2) is 11.6 Å². The number of hydrogen-bond acceptors (Lipinski definition) is 12. The number of fused-ring (bicyclic) bond motifs is 7. The fourth-order valence-electron chi connectivity index (χ4n) is 12.9. The van der Waals surface area contributed by atoms with E-state index in [1.807, 2.05) is 6.92 Å². The third-order valence-corrected chi connectivity index (χ3v) is 16.2. The van der Waals surface area contributed by atoms with E-state index in [0.29, 0.717) is 18.6 Å². The van der Waals surface area contributed by atoms with Crippen LogP contribution in [-0.4, -0.2) is 122 Å². The zero-order valence-electron chi connectivity index (χ0n) is 32.0. The van der Waals surface area contributed by atoms with Gasteiger partial charge in [-0.2, -0.15) is 0 Å². The van der Waals surface area contributed by atoms with Crippen LogP contribution in [0.2, 0.25) is 0 Å². The van der Waals surface area contributed by atoms with Crippen LogP contribution >= 0.6 is 0 Å². The Morgan fingerprint density at radius 1 is 0.849 bits per heavy atom. The minimum absolute atomic E-state index is 0.000227. The summed E-state index contributed by atoms with van der Waals surface area (Å²) >= 11 is 0. The summed E-state index contributed by atoms with van der Waals surface area (Å²) in [6, 6.07) is 0. The number of ketones is 1. The van der Waals surface area contributed by atoms with Gasteiger partial charge in [-0.25, -0.2) is 4.79 Å². The van der Waals surface area contributed by atoms with Gasteiger partial charge in [-0.15, -0.1) is 0 Å². The maximum Gasteiger partial charge on any atom is 0.335 e. The van der Waals surface area contributed by atoms with Crippen LogP contribution in [0.1, 0.15) is 99.3 Å². The molecule has 2 aliphatic heterocycles. The second-order valence-electron chi connectivity index (χ2n) is 19.5. The van der Waals surface area contributed by atoms with E-state index in [1.165, 1.54) is 5.57 Å². The van der Waals surface area contributed by atoms with E-state index in [9.17, 15) is 45.3 Å². The van der Waals surface area contributed by atoms with Crippen molar-refractivity contribution in [3.05, 3.63) is 11.6 Å². The molecule has 4 saturated carbocycles. The van der Waals surface area contributed by atoms with Crippen molar-refractivity contribution in [2.75, 3.05) is 13.2 Å². The molecular weight excluding hydrogens is 688 g/mol. The predicted octanol–water partition coefficient (Wildman–Crippen LogP) is 2.31. The number of ether oxygens (including phenoxy) is 4. The van der Waals surface area contributed by atoms with Gasteiger partial charge in [-0.05, 0) is 85.4 Å². The topological polar surface area (TPSA) is 213 Å². The fourth-order valence-corrected chi connectivity index (χ4v) is 12.9. The number of hydrogen-bond donors (Lipinski definition) is 7. The highest BCUT2D eigenvalue weighted by atomic mass is 16.7. The lowest BCUT2D eigenvalue weighted by Crippen LogP contribution is -2.67. The second-order valence-corrected chi connectivity index (χ2v) is 19.5. The number of aliphatic hydroxyl groups is 6. The fraction of sp³-hybridized carbons (Fsp3) is 0.900. The van der Waals surface area contributed by atoms with E-state index in [-0.39, 0.29) is 51.9 Å². The normalized spacial score (nSPS) is 53.7. The quantitative estimate of drug-likeness (QED) is 0.154. The van der Waals surface area contributed by atoms with Gasteiger partial charge in [0, 0.05) is 23.2 Å². The molecule has 0 bridgehead atoms. The summed E-state index contributed by atoms with van der Waals surface area (Å²) in [4.78, 5) is 26.3. The minimum atomic E-state index is -1.85. The van der Waals surface area contributed by atoms with E-state index in [4.69, 9.17) is 18.9 Å². The van der Waals surface area contributed by atoms with Crippen molar-refractivity contribution in [1.29, 1.82) is 0 Å². The van der Waals surface area contributed by atoms with E-state index < -0.39 is 79.4 Å². The van der Waals surface area contributed by atoms with E-state index in [1.54, 1.807) is 0 Å². The number of allylic oxidation sites excluding steroid dienone is 2. The van der Waals surface area contributed by atoms with Crippen molar-refractivity contribution < 1.29 is 64.3 Å². The second kappa shape index (κ2) is 13.6. The maximum atomic E-state index is 13.9. The van der Waals surface area contributed by atoms with Gasteiger partial charge in [0.05, 0.1) is 19.3 Å². The van der Waals surface area contributed by atoms with E-state index in [2.05, 4.69) is 40.7 Å². The molecule has 2 saturated heterocycles. The highest BCUT2D eigenvalue weighted by Crippen LogP contribution is 2.74. The molecule has 0 aromatic rings. The summed E-state index contributed by atoms with van der Waals surface area (Å²) in [6.07, 6.45) is -5.84. The molecular formula is C40H62O13. The zero-order chi connectivity index (χ0) is 38.6. The van der Waals surface area contributed by atoms with Crippen LogP contribution in [0.3, 0.4) is 0 Å². The number of aliphatic hydroxyl groups excluding tert-OH is 6. The average Bonchev–Trinajstić information content (AvgIpc) is 3.08. The molecule has 18 atom stereocenters. The largest absolute Gasteiger partial charge is 0.479 e. The number of carboxylic acid groups (broad SMARTS) is 1. The molecule has 0 radical (unpaired) electrons. The predicted molar refractivity (Wildman–Crippen MR) is 188 cm³/mol. The highest BCUT2D eigenvalue weighted by Gasteiger charge is 2.69. The molecule has 7 N–H and O–H groups in total. The molecule has 7 aliphatic rings. The van der Waals surface area contributed by atoms with Crippen LogP contribution < -0.4 is 0 Å². The lowest BCUT2D eigenvalue weighted by atomic mass is 9.34. The maximum absolute atomic E-state index is 13.9. The summed E-state index contributed by atoms with van der Waals surface area (Å²) in [5.41, 5.74) is 0.289. The molecule has 13 heteroatoms. The molecule has 2 heterocycles. The van der Waals surface area contributed by atoms with Crippen molar-refractivity contribution in [2.24, 2.45) is 50.7 Å². The van der Waals surface area contributed by atoms with E-state index >= 15 is 0 Å². The van der Waals surface area contributed by atoms with Crippen molar-refractivity contribution in [3.63, 3.8) is 0 Å². The Hall–Kier alpha value is -1.52. The highest BCUT2D eigenvalue weighted by molar-refractivity contribution is 5.85. The SMILES string of the molecule is CC1(C)CCC2C(=O)C[C@]3(C)C(=CC[C@@H]4[C@@]5(C)CC[C@H](O[C@@H]6O[C@H](C(=O)O)[C@@H](O[C@@H]7OC[C@@H](O)[C@H](O)[C@H]7O)[C@H](O)[C@H]6O)[C@](C)(CO)[C@@H]5CC[C@]43C)[C@@H]2C1. The molecule has 0 aromatic carbocycles. The molecule has 13 nitrogen and oxygen atoms in total. The van der Waals surface area contributed by atoms with Gasteiger partial charge in [0.1, 0.15) is 42.4 Å². The van der Waals surface area contributed by atoms with Crippen molar-refractivity contribution in [1.82, 2.24) is 0 Å². The van der Waals surface area contributed by atoms with Crippen molar-refractivity contribution >= 4 is 11.8 Å². The minimum Gasteiger partial charge on any atom is -0.479 e. The van der Waals surface area contributed by atoms with Crippen molar-refractivity contribution in [2.45, 2.75) is 161 Å². The third-order valence-electron chi connectivity index (χ3n) is 16.2. The molecule has 0 spiro atoms. The molecule has 1 unspecified atom stereocenters. The molecule has 0 amide bonds. The first-order chi connectivity index (χ1) is 24.7. The van der Waals surface area contributed by atoms with Gasteiger partial charge in [0.2, 0.25) is 0 Å². The summed E-state index contributed by atoms with van der Waals surface area (Å²) in [5.74, 6) is -0.449. The smallest absolute Gasteiger partial charge is 0.335 e. The van der Waals surface area contributed by atoms with Gasteiger partial charge in [0.25, 0.3) is 0 Å². The Morgan fingerprint density at radius 3 is 2.23 bits per heavy atom. The first-order valence-corrected chi connectivity index (χ1v) is 19.8. The Labute approximate surface area is 312 Å². The number of rotatable bonds is 6. The Balaban J connectivity index is 1.11. The number of carbonyl (C=O) groups excluding carboxylic acids is 1. The molecule has 7 rings (SSSR count). The summed E-state index contributed by atoms with van der Waals surface area (Å²) in [7, 11) is 0. The number of carbonyl (C=O) groups is 2. The standard InChI is InChI=1S/C40H62O13/c1-36(2)12-9-19-20(15-36)21-7-8-25-37(3)13-11-26(38(4,18-41)24(37)10-14-39(25,5)40(21,6)16-22(19)42)51-35-30(47)28(45)31(32(53-35)33(48)49)52-34-29(46)27(44)23(43)17-50-34/h7,19-20,23-32,34-35,41,43-47H,8-18H2,1-6H3,(H,48,49)/t19?,20-,23-,24-,25-,26+,27+,28-,29-,30-,31+,32+,34+,35-,37+,38-,39-,40-/m1/s1. The monoisotopic (exact) mass is 750 g/mol. The molecule has 53 heavy (non-hydrogen) atoms. The van der Waals surface area contributed by atoms with Crippen LogP contribution in [-0.2, 0) is 28.5 Å². The number of Topliss-reactive ketones (excluding diaryl/α,β-unsaturated/α-hetero) is 1. The summed E-state index contributed by atoms with van der Waals surface area (Å²) in [6.45, 7) is 13.1. The summed E-state index contributed by atoms with van der Waals surface area (Å²) in [5, 5.41) is 73.9. The van der Waals surface area contributed by atoms with E-state index in [0.717, 1.165) is 44.9 Å². The Bertz CT molecular complexity index is 1470. The van der Waals surface area contributed by atoms with Gasteiger partial charge in [-0.1, -0.05) is 53.2 Å². The Kier molecular flexibility index (Phi) is 10.2. The van der Waals surface area contributed by atoms with Gasteiger partial charge in [-0.3, -0.25) is 4.79 Å². The lowest BCUT2D eigenvalue weighted by Gasteiger charge is -2.70. The van der Waals surface area contributed by atoms with Crippen LogP contribution in [0, 0.1) is 50.7 Å². The van der Waals surface area contributed by atoms with Gasteiger partial charge >= 0.3 is 5.97 Å². The number of carboxylic acids is 1. The average molecular weight is 751 g/mol. The molecule has 5 aliphatic carbocycles. The summed E-state index contributed by atoms with van der Waals surface area (Å²) < 4.78 is 23.0. The van der Waals surface area contributed by atoms with Crippen LogP contribution in [0.25, 0.3) is 0 Å². The molecule has 300 valence electrons. The number of aliphatic carboxylic acids is 1. The first kappa shape index (κ1) is 39.7. The van der Waals surface area contributed by atoms with Gasteiger partial charge < -0.3 is 54.7 Å². The first-order valence-electron chi connectivity index (χ1n) is 19.8. The van der Waals surface area contributed by atoms with Crippen LogP contribution in [0.4, 0.5) is 0 Å². The zero-order valence-corrected chi connectivity index (χ0v) is 32.0. The van der Waals surface area contributed by atoms with Crippen LogP contribution in [0.5, 0.6) is 0 Å². The lowest BCUT2D eigenvalue weighted by molar-refractivity contribution is -0.356. The molecule has 6 fully saturated rings.